The van der Waals surface area contributed by atoms with Crippen molar-refractivity contribution in [1.82, 2.24) is 15.2 Å². The van der Waals surface area contributed by atoms with Crippen LogP contribution < -0.4 is 15.6 Å². The van der Waals surface area contributed by atoms with E-state index in [0.717, 1.165) is 17.9 Å². The van der Waals surface area contributed by atoms with Crippen molar-refractivity contribution < 1.29 is 9.53 Å². The van der Waals surface area contributed by atoms with E-state index in [-0.39, 0.29) is 29.9 Å². The van der Waals surface area contributed by atoms with Gasteiger partial charge in [0.25, 0.3) is 5.91 Å². The Morgan fingerprint density at radius 2 is 2.04 bits per heavy atom. The molecule has 0 bridgehead atoms. The molecule has 3 rings (SSSR count). The summed E-state index contributed by atoms with van der Waals surface area (Å²) in [6.07, 6.45) is 1.46. The van der Waals surface area contributed by atoms with Gasteiger partial charge in [-0.1, -0.05) is 18.2 Å². The number of carbonyl (C=O) groups excluding carboxylic acids is 1. The second kappa shape index (κ2) is 7.99. The predicted octanol–water partition coefficient (Wildman–Crippen LogP) is 1.59. The highest BCUT2D eigenvalue weighted by molar-refractivity contribution is 5.94. The molecule has 2 heterocycles. The molecule has 1 atom stereocenters. The molecule has 24 heavy (non-hydrogen) atoms. The number of halogens is 1. The van der Waals surface area contributed by atoms with Gasteiger partial charge in [-0.2, -0.15) is 0 Å². The van der Waals surface area contributed by atoms with Gasteiger partial charge in [0.15, 0.2) is 0 Å². The van der Waals surface area contributed by atoms with Gasteiger partial charge in [0, 0.05) is 37.5 Å². The molecule has 1 fully saturated rings. The van der Waals surface area contributed by atoms with Crippen LogP contribution in [-0.2, 0) is 0 Å². The maximum absolute atomic E-state index is 12.8. The van der Waals surface area contributed by atoms with Gasteiger partial charge >= 0.3 is 0 Å². The number of amides is 1. The minimum absolute atomic E-state index is 0. The molecule has 2 N–H and O–H groups in total. The quantitative estimate of drug-likeness (QED) is 0.882. The average Bonchev–Trinajstić information content (AvgIpc) is 2.62. The standard InChI is InChI=1S/C17H19N3O3.ClH/c1-23-15-5-3-2-4-13(15)14-11-18-8-9-20(14)17(22)12-6-7-16(21)19-10-12;/h2-7,10,14,18H,8-9,11H2,1H3,(H,19,21);1H. The summed E-state index contributed by atoms with van der Waals surface area (Å²) in [4.78, 5) is 28.4. The van der Waals surface area contributed by atoms with Crippen molar-refractivity contribution in [3.63, 3.8) is 0 Å². The number of hydrogen-bond donors (Lipinski definition) is 2. The maximum atomic E-state index is 12.8. The number of nitrogens with zero attached hydrogens (tertiary/aromatic N) is 1. The van der Waals surface area contributed by atoms with Gasteiger partial charge in [0.2, 0.25) is 5.56 Å². The number of ether oxygens (including phenoxy) is 1. The molecule has 0 radical (unpaired) electrons. The van der Waals surface area contributed by atoms with Crippen molar-refractivity contribution in [1.29, 1.82) is 0 Å². The Morgan fingerprint density at radius 3 is 2.75 bits per heavy atom. The van der Waals surface area contributed by atoms with Crippen molar-refractivity contribution in [3.8, 4) is 5.75 Å². The number of benzene rings is 1. The molecule has 6 nitrogen and oxygen atoms in total. The second-order valence-corrected chi connectivity index (χ2v) is 5.40. The number of methoxy groups -OCH3 is 1. The van der Waals surface area contributed by atoms with Gasteiger partial charge < -0.3 is 19.9 Å². The largest absolute Gasteiger partial charge is 0.496 e. The molecule has 0 saturated carbocycles. The number of aromatic amines is 1. The van der Waals surface area contributed by atoms with E-state index in [1.807, 2.05) is 29.2 Å². The lowest BCUT2D eigenvalue weighted by molar-refractivity contribution is 0.0631. The van der Waals surface area contributed by atoms with E-state index >= 15 is 0 Å². The number of para-hydroxylation sites is 1. The molecule has 1 aromatic carbocycles. The topological polar surface area (TPSA) is 74.4 Å². The number of nitrogens with one attached hydrogen (secondary N) is 2. The van der Waals surface area contributed by atoms with Gasteiger partial charge in [0.05, 0.1) is 18.7 Å². The fourth-order valence-corrected chi connectivity index (χ4v) is 2.88. The third-order valence-corrected chi connectivity index (χ3v) is 4.03. The first kappa shape index (κ1) is 18.0. The summed E-state index contributed by atoms with van der Waals surface area (Å²) in [5.74, 6) is 0.666. The van der Waals surface area contributed by atoms with Gasteiger partial charge in [0.1, 0.15) is 5.75 Å². The van der Waals surface area contributed by atoms with Gasteiger partial charge in [-0.25, -0.2) is 0 Å². The van der Waals surface area contributed by atoms with Crippen molar-refractivity contribution in [2.75, 3.05) is 26.7 Å². The first-order valence-corrected chi connectivity index (χ1v) is 7.54. The fraction of sp³-hybridized carbons (Fsp3) is 0.294. The number of piperazine rings is 1. The molecule has 1 saturated heterocycles. The summed E-state index contributed by atoms with van der Waals surface area (Å²) in [6, 6.07) is 10.5. The van der Waals surface area contributed by atoms with E-state index < -0.39 is 0 Å². The van der Waals surface area contributed by atoms with E-state index in [0.29, 0.717) is 18.7 Å². The number of hydrogen-bond acceptors (Lipinski definition) is 4. The van der Waals surface area contributed by atoms with Crippen molar-refractivity contribution in [2.24, 2.45) is 0 Å². The van der Waals surface area contributed by atoms with E-state index in [2.05, 4.69) is 10.3 Å². The molecule has 1 unspecified atom stereocenters. The number of rotatable bonds is 3. The summed E-state index contributed by atoms with van der Waals surface area (Å²) in [6.45, 7) is 2.00. The van der Waals surface area contributed by atoms with Crippen LogP contribution in [0.4, 0.5) is 0 Å². The first-order chi connectivity index (χ1) is 11.2. The number of pyridine rings is 1. The van der Waals surface area contributed by atoms with Crippen LogP contribution >= 0.6 is 12.4 Å². The SMILES string of the molecule is COc1ccccc1C1CNCCN1C(=O)c1ccc(=O)[nH]c1.Cl. The highest BCUT2D eigenvalue weighted by Crippen LogP contribution is 2.30. The van der Waals surface area contributed by atoms with Gasteiger partial charge in [-0.3, -0.25) is 9.59 Å². The molecule has 2 aromatic rings. The number of H-pyrrole nitrogens is 1. The summed E-state index contributed by atoms with van der Waals surface area (Å²) in [5, 5.41) is 3.32. The van der Waals surface area contributed by atoms with Crippen LogP contribution in [0.3, 0.4) is 0 Å². The molecular weight excluding hydrogens is 330 g/mol. The van der Waals surface area contributed by atoms with E-state index in [4.69, 9.17) is 4.74 Å². The molecule has 0 aliphatic carbocycles. The van der Waals surface area contributed by atoms with Crippen LogP contribution in [-0.4, -0.2) is 42.5 Å². The minimum atomic E-state index is -0.219. The number of aromatic nitrogens is 1. The third kappa shape index (κ3) is 3.60. The van der Waals surface area contributed by atoms with E-state index in [1.165, 1.54) is 12.3 Å². The molecule has 1 aliphatic heterocycles. The second-order valence-electron chi connectivity index (χ2n) is 5.40. The Labute approximate surface area is 146 Å². The minimum Gasteiger partial charge on any atom is -0.496 e. The monoisotopic (exact) mass is 349 g/mol. The van der Waals surface area contributed by atoms with Crippen LogP contribution in [0, 0.1) is 0 Å². The van der Waals surface area contributed by atoms with E-state index in [9.17, 15) is 9.59 Å². The summed E-state index contributed by atoms with van der Waals surface area (Å²) in [7, 11) is 1.63. The summed E-state index contributed by atoms with van der Waals surface area (Å²) >= 11 is 0. The molecule has 7 heteroatoms. The molecular formula is C17H20ClN3O3. The Kier molecular flexibility index (Phi) is 6.00. The van der Waals surface area contributed by atoms with Gasteiger partial charge in [-0.05, 0) is 12.1 Å². The third-order valence-electron chi connectivity index (χ3n) is 4.03. The first-order valence-electron chi connectivity index (χ1n) is 7.54. The molecule has 1 amide bonds. The van der Waals surface area contributed by atoms with Crippen LogP contribution in [0.25, 0.3) is 0 Å². The highest BCUT2D eigenvalue weighted by atomic mass is 35.5. The molecule has 128 valence electrons. The lowest BCUT2D eigenvalue weighted by Crippen LogP contribution is -2.48. The van der Waals surface area contributed by atoms with Crippen molar-refractivity contribution in [3.05, 3.63) is 64.1 Å². The highest BCUT2D eigenvalue weighted by Gasteiger charge is 2.30. The lowest BCUT2D eigenvalue weighted by atomic mass is 10.0. The zero-order valence-electron chi connectivity index (χ0n) is 13.3. The molecule has 1 aromatic heterocycles. The molecule has 0 spiro atoms. The lowest BCUT2D eigenvalue weighted by Gasteiger charge is -2.37. The number of carbonyl (C=O) groups is 1. The average molecular weight is 350 g/mol. The van der Waals surface area contributed by atoms with Crippen LogP contribution in [0.1, 0.15) is 22.0 Å². The van der Waals surface area contributed by atoms with Crippen LogP contribution in [0.15, 0.2) is 47.4 Å². The van der Waals surface area contributed by atoms with E-state index in [1.54, 1.807) is 13.2 Å². The summed E-state index contributed by atoms with van der Waals surface area (Å²) in [5.41, 5.74) is 1.23. The van der Waals surface area contributed by atoms with Crippen LogP contribution in [0.5, 0.6) is 5.75 Å². The Balaban J connectivity index is 0.00000208. The maximum Gasteiger partial charge on any atom is 0.255 e. The smallest absolute Gasteiger partial charge is 0.255 e. The predicted molar refractivity (Wildman–Crippen MR) is 94.0 cm³/mol. The Hall–Kier alpha value is -2.31. The Bertz CT molecular complexity index is 742. The summed E-state index contributed by atoms with van der Waals surface area (Å²) < 4.78 is 5.43. The zero-order chi connectivity index (χ0) is 16.2. The normalized spacial score (nSPS) is 17.0. The fourth-order valence-electron chi connectivity index (χ4n) is 2.88. The van der Waals surface area contributed by atoms with Crippen molar-refractivity contribution in [2.45, 2.75) is 6.04 Å². The Morgan fingerprint density at radius 1 is 1.25 bits per heavy atom. The van der Waals surface area contributed by atoms with Crippen molar-refractivity contribution >= 4 is 18.3 Å². The zero-order valence-corrected chi connectivity index (χ0v) is 14.1. The molecule has 1 aliphatic rings. The van der Waals surface area contributed by atoms with Crippen LogP contribution in [0.2, 0.25) is 0 Å². The van der Waals surface area contributed by atoms with Gasteiger partial charge in [-0.15, -0.1) is 12.4 Å².